The molecule has 2 aromatic rings. The number of H-pyrrole nitrogens is 1. The van der Waals surface area contributed by atoms with Crippen LogP contribution in [0.15, 0.2) is 30.5 Å². The molecule has 0 fully saturated rings. The summed E-state index contributed by atoms with van der Waals surface area (Å²) in [5.74, 6) is -0.683. The number of hydrogen-bond acceptors (Lipinski definition) is 2. The van der Waals surface area contributed by atoms with Crippen LogP contribution in [0.5, 0.6) is 0 Å². The molecule has 1 amide bonds. The molecule has 4 heteroatoms. The number of nitrogens with one attached hydrogen (secondary N) is 1. The van der Waals surface area contributed by atoms with Gasteiger partial charge in [-0.3, -0.25) is 4.79 Å². The van der Waals surface area contributed by atoms with E-state index in [0.717, 1.165) is 16.5 Å². The van der Waals surface area contributed by atoms with Crippen LogP contribution in [0, 0.1) is 0 Å². The molecule has 0 aliphatic heterocycles. The van der Waals surface area contributed by atoms with Gasteiger partial charge in [0.2, 0.25) is 5.91 Å². The van der Waals surface area contributed by atoms with E-state index in [2.05, 4.69) is 4.98 Å². The van der Waals surface area contributed by atoms with Crippen LogP contribution in [0.4, 0.5) is 0 Å². The predicted molar refractivity (Wildman–Crippen MR) is 66.4 cm³/mol. The molecule has 1 heterocycles. The number of nitrogens with two attached hydrogens (primary N) is 1. The molecule has 0 aliphatic carbocycles. The van der Waals surface area contributed by atoms with E-state index in [-0.39, 0.29) is 0 Å². The summed E-state index contributed by atoms with van der Waals surface area (Å²) in [6.07, 6.45) is 2.84. The second-order valence-electron chi connectivity index (χ2n) is 4.50. The molecule has 90 valence electrons. The lowest BCUT2D eigenvalue weighted by Crippen LogP contribution is -2.41. The summed E-state index contributed by atoms with van der Waals surface area (Å²) in [6, 6.07) is 7.93. The molecule has 0 unspecified atom stereocenters. The Balaban J connectivity index is 2.17. The van der Waals surface area contributed by atoms with Gasteiger partial charge in [-0.25, -0.2) is 0 Å². The molecule has 1 aromatic heterocycles. The number of aromatic nitrogens is 1. The summed E-state index contributed by atoms with van der Waals surface area (Å²) in [7, 11) is 0. The number of fused-ring (bicyclic) bond motifs is 1. The normalized spacial score (nSPS) is 14.7. The van der Waals surface area contributed by atoms with E-state index in [0.29, 0.717) is 12.8 Å². The van der Waals surface area contributed by atoms with Crippen LogP contribution in [-0.2, 0) is 11.2 Å². The van der Waals surface area contributed by atoms with E-state index >= 15 is 0 Å². The highest BCUT2D eigenvalue weighted by molar-refractivity contribution is 5.84. The average molecular weight is 232 g/mol. The van der Waals surface area contributed by atoms with E-state index in [9.17, 15) is 9.90 Å². The summed E-state index contributed by atoms with van der Waals surface area (Å²) in [4.78, 5) is 14.2. The monoisotopic (exact) mass is 232 g/mol. The van der Waals surface area contributed by atoms with Gasteiger partial charge in [0.05, 0.1) is 0 Å². The van der Waals surface area contributed by atoms with Gasteiger partial charge in [0.15, 0.2) is 0 Å². The lowest BCUT2D eigenvalue weighted by Gasteiger charge is -2.18. The first-order chi connectivity index (χ1) is 8.00. The predicted octanol–water partition coefficient (Wildman–Crippen LogP) is 1.34. The van der Waals surface area contributed by atoms with Gasteiger partial charge >= 0.3 is 0 Å². The fourth-order valence-corrected chi connectivity index (χ4v) is 1.84. The second kappa shape index (κ2) is 4.22. The summed E-state index contributed by atoms with van der Waals surface area (Å²) in [6.45, 7) is 1.45. The number of hydrogen-bond donors (Lipinski definition) is 3. The standard InChI is InChI=1S/C13H16N2O2/c1-13(17,12(14)16)7-6-9-8-15-11-5-3-2-4-10(9)11/h2-5,8,15,17H,6-7H2,1H3,(H2,14,16)/t13-/m1/s1. The van der Waals surface area contributed by atoms with Gasteiger partial charge in [-0.05, 0) is 31.4 Å². The van der Waals surface area contributed by atoms with Crippen molar-refractivity contribution in [2.75, 3.05) is 0 Å². The number of aromatic amines is 1. The van der Waals surface area contributed by atoms with Gasteiger partial charge in [0, 0.05) is 17.1 Å². The zero-order chi connectivity index (χ0) is 12.5. The van der Waals surface area contributed by atoms with Crippen molar-refractivity contribution in [3.8, 4) is 0 Å². The van der Waals surface area contributed by atoms with Crippen LogP contribution in [0.1, 0.15) is 18.9 Å². The van der Waals surface area contributed by atoms with Crippen molar-refractivity contribution in [2.24, 2.45) is 5.73 Å². The first-order valence-corrected chi connectivity index (χ1v) is 5.58. The van der Waals surface area contributed by atoms with Crippen LogP contribution >= 0.6 is 0 Å². The average Bonchev–Trinajstić information content (AvgIpc) is 2.69. The Morgan fingerprint density at radius 3 is 2.88 bits per heavy atom. The van der Waals surface area contributed by atoms with E-state index in [4.69, 9.17) is 5.73 Å². The van der Waals surface area contributed by atoms with Crippen molar-refractivity contribution >= 4 is 16.8 Å². The van der Waals surface area contributed by atoms with Crippen molar-refractivity contribution in [3.05, 3.63) is 36.0 Å². The Morgan fingerprint density at radius 1 is 1.47 bits per heavy atom. The maximum Gasteiger partial charge on any atom is 0.249 e. The van der Waals surface area contributed by atoms with Gasteiger partial charge in [0.25, 0.3) is 0 Å². The number of carbonyl (C=O) groups excluding carboxylic acids is 1. The number of rotatable bonds is 4. The number of benzene rings is 1. The summed E-state index contributed by atoms with van der Waals surface area (Å²) in [5.41, 5.74) is 5.82. The lowest BCUT2D eigenvalue weighted by molar-refractivity contribution is -0.135. The SMILES string of the molecule is C[C@@](O)(CCc1c[nH]c2ccccc12)C(N)=O. The van der Waals surface area contributed by atoms with E-state index < -0.39 is 11.5 Å². The molecule has 1 atom stereocenters. The van der Waals surface area contributed by atoms with Crippen molar-refractivity contribution in [3.63, 3.8) is 0 Å². The first-order valence-electron chi connectivity index (χ1n) is 5.58. The van der Waals surface area contributed by atoms with Crippen LogP contribution in [0.3, 0.4) is 0 Å². The van der Waals surface area contributed by atoms with Crippen LogP contribution < -0.4 is 5.73 Å². The molecule has 0 spiro atoms. The minimum Gasteiger partial charge on any atom is -0.380 e. The van der Waals surface area contributed by atoms with E-state index in [1.807, 2.05) is 30.5 Å². The van der Waals surface area contributed by atoms with Crippen molar-refractivity contribution in [1.82, 2.24) is 4.98 Å². The van der Waals surface area contributed by atoms with Gasteiger partial charge in [-0.2, -0.15) is 0 Å². The van der Waals surface area contributed by atoms with Crippen LogP contribution in [0.25, 0.3) is 10.9 Å². The molecular weight excluding hydrogens is 216 g/mol. The molecule has 4 nitrogen and oxygen atoms in total. The topological polar surface area (TPSA) is 79.1 Å². The second-order valence-corrected chi connectivity index (χ2v) is 4.50. The molecule has 0 bridgehead atoms. The minimum absolute atomic E-state index is 0.324. The largest absolute Gasteiger partial charge is 0.380 e. The van der Waals surface area contributed by atoms with Gasteiger partial charge in [-0.1, -0.05) is 18.2 Å². The number of carbonyl (C=O) groups is 1. The van der Waals surface area contributed by atoms with Crippen LogP contribution in [-0.4, -0.2) is 21.6 Å². The highest BCUT2D eigenvalue weighted by atomic mass is 16.3. The third-order valence-corrected chi connectivity index (χ3v) is 3.09. The van der Waals surface area contributed by atoms with Gasteiger partial charge < -0.3 is 15.8 Å². The molecule has 0 saturated heterocycles. The fourth-order valence-electron chi connectivity index (χ4n) is 1.84. The lowest BCUT2D eigenvalue weighted by atomic mass is 9.96. The Morgan fingerprint density at radius 2 is 2.18 bits per heavy atom. The molecule has 4 N–H and O–H groups in total. The number of aryl methyl sites for hydroxylation is 1. The van der Waals surface area contributed by atoms with E-state index in [1.54, 1.807) is 0 Å². The maximum absolute atomic E-state index is 11.0. The zero-order valence-electron chi connectivity index (χ0n) is 9.73. The summed E-state index contributed by atoms with van der Waals surface area (Å²) in [5, 5.41) is 10.9. The zero-order valence-corrected chi connectivity index (χ0v) is 9.73. The Kier molecular flexibility index (Phi) is 2.90. The number of para-hydroxylation sites is 1. The molecule has 0 aliphatic rings. The third kappa shape index (κ3) is 2.31. The first kappa shape index (κ1) is 11.7. The van der Waals surface area contributed by atoms with Gasteiger partial charge in [-0.15, -0.1) is 0 Å². The molecule has 2 rings (SSSR count). The highest BCUT2D eigenvalue weighted by Crippen LogP contribution is 2.21. The van der Waals surface area contributed by atoms with Crippen molar-refractivity contribution in [1.29, 1.82) is 0 Å². The summed E-state index contributed by atoms with van der Waals surface area (Å²) >= 11 is 0. The highest BCUT2D eigenvalue weighted by Gasteiger charge is 2.27. The number of aliphatic hydroxyl groups is 1. The quantitative estimate of drug-likeness (QED) is 0.743. The maximum atomic E-state index is 11.0. The molecule has 0 saturated carbocycles. The Hall–Kier alpha value is -1.81. The minimum atomic E-state index is -1.45. The van der Waals surface area contributed by atoms with E-state index in [1.165, 1.54) is 6.92 Å². The van der Waals surface area contributed by atoms with Gasteiger partial charge in [0.1, 0.15) is 5.60 Å². The Bertz CT molecular complexity index is 543. The summed E-state index contributed by atoms with van der Waals surface area (Å²) < 4.78 is 0. The molecular formula is C13H16N2O2. The smallest absolute Gasteiger partial charge is 0.249 e. The fraction of sp³-hybridized carbons (Fsp3) is 0.308. The molecule has 17 heavy (non-hydrogen) atoms. The number of amides is 1. The van der Waals surface area contributed by atoms with Crippen molar-refractivity contribution < 1.29 is 9.90 Å². The molecule has 1 aromatic carbocycles. The van der Waals surface area contributed by atoms with Crippen LogP contribution in [0.2, 0.25) is 0 Å². The number of primary amides is 1. The Labute approximate surface area is 99.4 Å². The molecule has 0 radical (unpaired) electrons. The third-order valence-electron chi connectivity index (χ3n) is 3.09. The van der Waals surface area contributed by atoms with Crippen molar-refractivity contribution in [2.45, 2.75) is 25.4 Å².